The summed E-state index contributed by atoms with van der Waals surface area (Å²) >= 11 is 6.07. The highest BCUT2D eigenvalue weighted by Gasteiger charge is 2.25. The second-order valence-corrected chi connectivity index (χ2v) is 5.81. The van der Waals surface area contributed by atoms with Crippen molar-refractivity contribution in [2.75, 3.05) is 0 Å². The van der Waals surface area contributed by atoms with Crippen LogP contribution >= 0.6 is 11.6 Å². The minimum atomic E-state index is -0.916. The summed E-state index contributed by atoms with van der Waals surface area (Å²) < 4.78 is 5.25. The first-order chi connectivity index (χ1) is 11.3. The molecular formula is C18H23ClO5. The molecule has 0 saturated carbocycles. The van der Waals surface area contributed by atoms with Crippen LogP contribution in [0.2, 0.25) is 5.02 Å². The number of phenols is 2. The number of hydrogen-bond donors (Lipinski definition) is 3. The number of rotatable bonds is 8. The molecule has 2 atom stereocenters. The number of aromatic hydroxyl groups is 2. The van der Waals surface area contributed by atoms with E-state index in [1.807, 2.05) is 6.92 Å². The van der Waals surface area contributed by atoms with E-state index in [9.17, 15) is 20.1 Å². The van der Waals surface area contributed by atoms with Gasteiger partial charge in [-0.2, -0.15) is 0 Å². The molecule has 0 aliphatic heterocycles. The lowest BCUT2D eigenvalue weighted by Gasteiger charge is -2.17. The van der Waals surface area contributed by atoms with E-state index >= 15 is 0 Å². The van der Waals surface area contributed by atoms with E-state index in [1.165, 1.54) is 0 Å². The number of benzene rings is 1. The summed E-state index contributed by atoms with van der Waals surface area (Å²) in [5, 5.41) is 29.8. The first-order valence-corrected chi connectivity index (χ1v) is 8.09. The molecule has 0 saturated heterocycles. The maximum Gasteiger partial charge on any atom is 0.342 e. The second kappa shape index (κ2) is 9.35. The molecule has 0 bridgehead atoms. The molecule has 1 unspecified atom stereocenters. The monoisotopic (exact) mass is 354 g/mol. The summed E-state index contributed by atoms with van der Waals surface area (Å²) in [6, 6.07) is 0.981. The summed E-state index contributed by atoms with van der Waals surface area (Å²) in [5.74, 6) is -1.59. The first kappa shape index (κ1) is 20.1. The molecule has 24 heavy (non-hydrogen) atoms. The summed E-state index contributed by atoms with van der Waals surface area (Å²) in [5.41, 5.74) is -0.0177. The van der Waals surface area contributed by atoms with Crippen LogP contribution in [-0.2, 0) is 11.2 Å². The Morgan fingerprint density at radius 3 is 2.67 bits per heavy atom. The van der Waals surface area contributed by atoms with Crippen molar-refractivity contribution >= 4 is 17.6 Å². The number of phenolic OH excluding ortho intramolecular Hbond substituents is 2. The van der Waals surface area contributed by atoms with Gasteiger partial charge in [-0.3, -0.25) is 0 Å². The van der Waals surface area contributed by atoms with E-state index in [0.29, 0.717) is 6.42 Å². The number of allylic oxidation sites excluding steroid dienone is 1. The van der Waals surface area contributed by atoms with Gasteiger partial charge in [0, 0.05) is 18.9 Å². The van der Waals surface area contributed by atoms with Crippen molar-refractivity contribution in [1.82, 2.24) is 0 Å². The molecule has 3 N–H and O–H groups in total. The fourth-order valence-electron chi connectivity index (χ4n) is 2.20. The number of hydrogen-bond acceptors (Lipinski definition) is 5. The number of carbonyl (C=O) groups is 1. The molecule has 0 aliphatic rings. The molecule has 6 heteroatoms. The van der Waals surface area contributed by atoms with Crippen LogP contribution in [0.3, 0.4) is 0 Å². The topological polar surface area (TPSA) is 87.0 Å². The highest BCUT2D eigenvalue weighted by atomic mass is 35.5. The Morgan fingerprint density at radius 2 is 2.08 bits per heavy atom. The molecule has 0 fully saturated rings. The largest absolute Gasteiger partial charge is 0.507 e. The molecule has 1 aromatic carbocycles. The smallest absolute Gasteiger partial charge is 0.342 e. The normalized spacial score (nSPS) is 13.7. The SMILES string of the molecule is C=CC[C@@H](C)OC(=O)c1c(O)cc(O)c(Cl)c1CC(O)/C=C/CC. The average Bonchev–Trinajstić information content (AvgIpc) is 2.50. The summed E-state index contributed by atoms with van der Waals surface area (Å²) in [4.78, 5) is 12.4. The van der Waals surface area contributed by atoms with Crippen molar-refractivity contribution in [1.29, 1.82) is 0 Å². The number of aliphatic hydroxyl groups excluding tert-OH is 1. The van der Waals surface area contributed by atoms with Gasteiger partial charge < -0.3 is 20.1 Å². The minimum absolute atomic E-state index is 0.0441. The Morgan fingerprint density at radius 1 is 1.42 bits per heavy atom. The van der Waals surface area contributed by atoms with E-state index in [0.717, 1.165) is 12.5 Å². The van der Waals surface area contributed by atoms with Gasteiger partial charge in [-0.25, -0.2) is 4.79 Å². The fraction of sp³-hybridized carbons (Fsp3) is 0.389. The van der Waals surface area contributed by atoms with Gasteiger partial charge in [0.05, 0.1) is 11.1 Å². The van der Waals surface area contributed by atoms with Crippen LogP contribution in [-0.4, -0.2) is 33.5 Å². The molecule has 0 spiro atoms. The lowest BCUT2D eigenvalue weighted by atomic mass is 9.99. The van der Waals surface area contributed by atoms with E-state index in [1.54, 1.807) is 25.2 Å². The Hall–Kier alpha value is -1.98. The quantitative estimate of drug-likeness (QED) is 0.489. The Balaban J connectivity index is 3.22. The summed E-state index contributed by atoms with van der Waals surface area (Å²) in [7, 11) is 0. The molecule has 0 radical (unpaired) electrons. The van der Waals surface area contributed by atoms with Gasteiger partial charge in [0.25, 0.3) is 0 Å². The first-order valence-electron chi connectivity index (χ1n) is 7.71. The van der Waals surface area contributed by atoms with E-state index in [2.05, 4.69) is 6.58 Å². The number of halogens is 1. The molecular weight excluding hydrogens is 332 g/mol. The van der Waals surface area contributed by atoms with Crippen LogP contribution in [0.4, 0.5) is 0 Å². The van der Waals surface area contributed by atoms with Crippen molar-refractivity contribution in [3.8, 4) is 11.5 Å². The van der Waals surface area contributed by atoms with Gasteiger partial charge in [0.1, 0.15) is 23.2 Å². The highest BCUT2D eigenvalue weighted by Crippen LogP contribution is 2.37. The van der Waals surface area contributed by atoms with Gasteiger partial charge in [-0.15, -0.1) is 6.58 Å². The van der Waals surface area contributed by atoms with Crippen molar-refractivity contribution in [3.63, 3.8) is 0 Å². The molecule has 1 aromatic rings. The van der Waals surface area contributed by atoms with Gasteiger partial charge in [0.15, 0.2) is 0 Å². The zero-order chi connectivity index (χ0) is 18.3. The van der Waals surface area contributed by atoms with Crippen LogP contribution in [0, 0.1) is 0 Å². The molecule has 1 rings (SSSR count). The van der Waals surface area contributed by atoms with E-state index in [-0.39, 0.29) is 28.3 Å². The highest BCUT2D eigenvalue weighted by molar-refractivity contribution is 6.33. The fourth-order valence-corrected chi connectivity index (χ4v) is 2.42. The Bertz CT molecular complexity index is 624. The summed E-state index contributed by atoms with van der Waals surface area (Å²) in [6.45, 7) is 7.18. The molecule has 0 heterocycles. The lowest BCUT2D eigenvalue weighted by molar-refractivity contribution is 0.0343. The average molecular weight is 355 g/mol. The third-order valence-electron chi connectivity index (χ3n) is 3.34. The molecule has 0 aromatic heterocycles. The van der Waals surface area contributed by atoms with Crippen molar-refractivity contribution in [3.05, 3.63) is 47.0 Å². The van der Waals surface area contributed by atoms with Gasteiger partial charge in [-0.05, 0) is 18.9 Å². The van der Waals surface area contributed by atoms with E-state index < -0.39 is 23.9 Å². The minimum Gasteiger partial charge on any atom is -0.507 e. The van der Waals surface area contributed by atoms with E-state index in [4.69, 9.17) is 16.3 Å². The molecule has 132 valence electrons. The van der Waals surface area contributed by atoms with Crippen molar-refractivity contribution < 1.29 is 24.9 Å². The van der Waals surface area contributed by atoms with Crippen LogP contribution in [0.25, 0.3) is 0 Å². The molecule has 5 nitrogen and oxygen atoms in total. The molecule has 0 amide bonds. The zero-order valence-corrected chi connectivity index (χ0v) is 14.6. The number of ether oxygens (including phenoxy) is 1. The van der Waals surface area contributed by atoms with Gasteiger partial charge in [0.2, 0.25) is 0 Å². The summed E-state index contributed by atoms with van der Waals surface area (Å²) in [6.07, 6.45) is 4.75. The maximum absolute atomic E-state index is 12.4. The Kier molecular flexibility index (Phi) is 7.82. The van der Waals surface area contributed by atoms with Crippen molar-refractivity contribution in [2.45, 2.75) is 45.3 Å². The Labute approximate surface area is 146 Å². The van der Waals surface area contributed by atoms with Crippen molar-refractivity contribution in [2.24, 2.45) is 0 Å². The number of carbonyl (C=O) groups excluding carboxylic acids is 1. The maximum atomic E-state index is 12.4. The van der Waals surface area contributed by atoms with Crippen LogP contribution in [0.15, 0.2) is 30.9 Å². The zero-order valence-electron chi connectivity index (χ0n) is 13.8. The third kappa shape index (κ3) is 5.28. The van der Waals surface area contributed by atoms with Crippen LogP contribution < -0.4 is 0 Å². The number of esters is 1. The van der Waals surface area contributed by atoms with Gasteiger partial charge >= 0.3 is 5.97 Å². The molecule has 0 aliphatic carbocycles. The third-order valence-corrected chi connectivity index (χ3v) is 3.76. The lowest BCUT2D eigenvalue weighted by Crippen LogP contribution is -2.18. The van der Waals surface area contributed by atoms with Crippen LogP contribution in [0.1, 0.15) is 42.6 Å². The second-order valence-electron chi connectivity index (χ2n) is 5.43. The van der Waals surface area contributed by atoms with Crippen LogP contribution in [0.5, 0.6) is 11.5 Å². The van der Waals surface area contributed by atoms with Gasteiger partial charge in [-0.1, -0.05) is 36.8 Å². The number of aliphatic hydroxyl groups is 1. The predicted octanol–water partition coefficient (Wildman–Crippen LogP) is 3.74. The standard InChI is InChI=1S/C18H23ClO5/c1-4-6-8-12(20)9-13-16(14(21)10-15(22)17(13)19)18(23)24-11(3)7-5-2/h5-6,8,10-12,20-22H,2,4,7,9H2,1,3H3/b8-6+/t11-,12?/m1/s1. The predicted molar refractivity (Wildman–Crippen MR) is 93.6 cm³/mol.